The minimum Gasteiger partial charge on any atom is -0.338 e. The maximum Gasteiger partial charge on any atom is 0.110 e. The maximum absolute atomic E-state index is 4.41. The minimum absolute atomic E-state index is 0.330. The van der Waals surface area contributed by atoms with Crippen LogP contribution in [0.25, 0.3) is 0 Å². The zero-order valence-corrected chi connectivity index (χ0v) is 11.4. The Balaban J connectivity index is 2.20. The summed E-state index contributed by atoms with van der Waals surface area (Å²) in [6.45, 7) is 5.23. The molecule has 1 heterocycles. The third kappa shape index (κ3) is 2.99. The summed E-state index contributed by atoms with van der Waals surface area (Å²) in [7, 11) is 2.04. The molecule has 0 saturated heterocycles. The van der Waals surface area contributed by atoms with Gasteiger partial charge in [-0.2, -0.15) is 0 Å². The molecule has 0 aliphatic carbocycles. The number of likely N-dealkylation sites (N-methyl/N-ethyl adjacent to an activating group) is 1. The van der Waals surface area contributed by atoms with Crippen molar-refractivity contribution in [1.82, 2.24) is 14.9 Å². The number of nitrogens with zero attached hydrogens (tertiary/aromatic N) is 2. The first-order valence-electron chi connectivity index (χ1n) is 6.47. The minimum atomic E-state index is 0.330. The van der Waals surface area contributed by atoms with Crippen LogP contribution < -0.4 is 5.32 Å². The number of benzene rings is 1. The van der Waals surface area contributed by atoms with Crippen molar-refractivity contribution in [3.05, 3.63) is 53.6 Å². The molecule has 0 saturated carbocycles. The van der Waals surface area contributed by atoms with Gasteiger partial charge in [-0.1, -0.05) is 36.8 Å². The first kappa shape index (κ1) is 12.8. The Hall–Kier alpha value is -1.61. The van der Waals surface area contributed by atoms with Crippen LogP contribution in [0.2, 0.25) is 0 Å². The van der Waals surface area contributed by atoms with E-state index >= 15 is 0 Å². The first-order valence-corrected chi connectivity index (χ1v) is 6.47. The average Bonchev–Trinajstić information content (AvgIpc) is 2.74. The van der Waals surface area contributed by atoms with Crippen LogP contribution in [0, 0.1) is 6.92 Å². The van der Waals surface area contributed by atoms with Crippen molar-refractivity contribution in [2.45, 2.75) is 26.3 Å². The zero-order chi connectivity index (χ0) is 13.0. The van der Waals surface area contributed by atoms with E-state index in [2.05, 4.69) is 53.0 Å². The predicted octanol–water partition coefficient (Wildman–Crippen LogP) is 2.62. The van der Waals surface area contributed by atoms with E-state index in [0.717, 1.165) is 18.8 Å². The van der Waals surface area contributed by atoms with Crippen LogP contribution in [-0.4, -0.2) is 16.1 Å². The van der Waals surface area contributed by atoms with E-state index < -0.39 is 0 Å². The largest absolute Gasteiger partial charge is 0.338 e. The van der Waals surface area contributed by atoms with Crippen LogP contribution in [0.5, 0.6) is 0 Å². The van der Waals surface area contributed by atoms with E-state index in [1.807, 2.05) is 19.4 Å². The lowest BCUT2D eigenvalue weighted by Gasteiger charge is -2.18. The highest BCUT2D eigenvalue weighted by molar-refractivity contribution is 5.25. The summed E-state index contributed by atoms with van der Waals surface area (Å²) in [6.07, 6.45) is 4.77. The Morgan fingerprint density at radius 3 is 2.83 bits per heavy atom. The van der Waals surface area contributed by atoms with Crippen LogP contribution in [0.15, 0.2) is 36.7 Å². The van der Waals surface area contributed by atoms with Crippen molar-refractivity contribution in [2.24, 2.45) is 7.05 Å². The van der Waals surface area contributed by atoms with Crippen molar-refractivity contribution >= 4 is 0 Å². The average molecular weight is 243 g/mol. The Kier molecular flexibility index (Phi) is 4.15. The smallest absolute Gasteiger partial charge is 0.110 e. The van der Waals surface area contributed by atoms with Gasteiger partial charge < -0.3 is 9.88 Å². The predicted molar refractivity (Wildman–Crippen MR) is 74.5 cm³/mol. The van der Waals surface area contributed by atoms with Crippen molar-refractivity contribution in [2.75, 3.05) is 6.54 Å². The van der Waals surface area contributed by atoms with Crippen molar-refractivity contribution in [3.63, 3.8) is 0 Å². The number of aryl methyl sites for hydroxylation is 2. The summed E-state index contributed by atoms with van der Waals surface area (Å²) in [5.74, 6) is 1.11. The topological polar surface area (TPSA) is 29.9 Å². The van der Waals surface area contributed by atoms with Crippen molar-refractivity contribution in [3.8, 4) is 0 Å². The number of imidazole rings is 1. The second-order valence-electron chi connectivity index (χ2n) is 4.68. The molecule has 3 nitrogen and oxygen atoms in total. The molecule has 0 fully saturated rings. The Bertz CT molecular complexity index is 502. The molecular weight excluding hydrogens is 222 g/mol. The molecule has 0 amide bonds. The fourth-order valence-electron chi connectivity index (χ4n) is 2.22. The van der Waals surface area contributed by atoms with Gasteiger partial charge in [0.2, 0.25) is 0 Å². The van der Waals surface area contributed by atoms with Crippen LogP contribution in [-0.2, 0) is 13.5 Å². The van der Waals surface area contributed by atoms with Gasteiger partial charge in [0.1, 0.15) is 5.82 Å². The van der Waals surface area contributed by atoms with Crippen LogP contribution >= 0.6 is 0 Å². The highest BCUT2D eigenvalue weighted by Crippen LogP contribution is 2.18. The number of hydrogen-bond donors (Lipinski definition) is 1. The molecule has 0 aliphatic rings. The monoisotopic (exact) mass is 243 g/mol. The van der Waals surface area contributed by atoms with E-state index in [1.54, 1.807) is 0 Å². The normalized spacial score (nSPS) is 12.6. The molecule has 1 unspecified atom stereocenters. The van der Waals surface area contributed by atoms with Crippen LogP contribution in [0.3, 0.4) is 0 Å². The molecule has 0 aliphatic heterocycles. The maximum atomic E-state index is 4.41. The fourth-order valence-corrected chi connectivity index (χ4v) is 2.22. The molecule has 1 atom stereocenters. The summed E-state index contributed by atoms with van der Waals surface area (Å²) >= 11 is 0. The van der Waals surface area contributed by atoms with Gasteiger partial charge in [-0.3, -0.25) is 0 Å². The summed E-state index contributed by atoms with van der Waals surface area (Å²) in [6, 6.07) is 9.01. The first-order chi connectivity index (χ1) is 8.70. The highest BCUT2D eigenvalue weighted by atomic mass is 15.0. The number of aromatic nitrogens is 2. The second-order valence-corrected chi connectivity index (χ2v) is 4.68. The molecule has 3 heteroatoms. The van der Waals surface area contributed by atoms with Gasteiger partial charge in [-0.25, -0.2) is 4.98 Å². The van der Waals surface area contributed by atoms with E-state index in [4.69, 9.17) is 0 Å². The van der Waals surface area contributed by atoms with Gasteiger partial charge in [0.05, 0.1) is 0 Å². The number of nitrogens with one attached hydrogen (secondary N) is 1. The quantitative estimate of drug-likeness (QED) is 0.875. The van der Waals surface area contributed by atoms with Gasteiger partial charge in [0.15, 0.2) is 0 Å². The molecule has 2 rings (SSSR count). The molecule has 0 spiro atoms. The van der Waals surface area contributed by atoms with E-state index in [1.165, 1.54) is 11.1 Å². The molecule has 0 bridgehead atoms. The van der Waals surface area contributed by atoms with E-state index in [0.29, 0.717) is 6.04 Å². The van der Waals surface area contributed by atoms with Gasteiger partial charge in [0, 0.05) is 31.9 Å². The van der Waals surface area contributed by atoms with Gasteiger partial charge in [0.25, 0.3) is 0 Å². The molecule has 0 radical (unpaired) electrons. The van der Waals surface area contributed by atoms with Crippen molar-refractivity contribution < 1.29 is 0 Å². The Morgan fingerprint density at radius 1 is 1.39 bits per heavy atom. The molecular formula is C15H21N3. The standard InChI is InChI=1S/C15H21N3/c1-4-16-14(11-15-17-8-9-18(15)3)13-7-5-6-12(2)10-13/h5-10,14,16H,4,11H2,1-3H3. The summed E-state index contributed by atoms with van der Waals surface area (Å²) in [4.78, 5) is 4.41. The molecule has 96 valence electrons. The molecule has 2 aromatic rings. The fraction of sp³-hybridized carbons (Fsp3) is 0.400. The number of hydrogen-bond acceptors (Lipinski definition) is 2. The second kappa shape index (κ2) is 5.83. The van der Waals surface area contributed by atoms with Crippen LogP contribution in [0.4, 0.5) is 0 Å². The zero-order valence-electron chi connectivity index (χ0n) is 11.4. The third-order valence-corrected chi connectivity index (χ3v) is 3.20. The van der Waals surface area contributed by atoms with E-state index in [-0.39, 0.29) is 0 Å². The molecule has 1 aromatic heterocycles. The summed E-state index contributed by atoms with van der Waals surface area (Å²) in [5, 5.41) is 3.54. The molecule has 1 N–H and O–H groups in total. The van der Waals surface area contributed by atoms with Crippen molar-refractivity contribution in [1.29, 1.82) is 0 Å². The molecule has 1 aromatic carbocycles. The summed E-state index contributed by atoms with van der Waals surface area (Å²) < 4.78 is 2.08. The van der Waals surface area contributed by atoms with Crippen LogP contribution in [0.1, 0.15) is 29.9 Å². The lowest BCUT2D eigenvalue weighted by Crippen LogP contribution is -2.24. The van der Waals surface area contributed by atoms with Gasteiger partial charge >= 0.3 is 0 Å². The molecule has 18 heavy (non-hydrogen) atoms. The van der Waals surface area contributed by atoms with Gasteiger partial charge in [-0.05, 0) is 19.0 Å². The number of rotatable bonds is 5. The lowest BCUT2D eigenvalue weighted by molar-refractivity contribution is 0.529. The Labute approximate surface area is 109 Å². The van der Waals surface area contributed by atoms with Gasteiger partial charge in [-0.15, -0.1) is 0 Å². The third-order valence-electron chi connectivity index (χ3n) is 3.20. The summed E-state index contributed by atoms with van der Waals surface area (Å²) in [5.41, 5.74) is 2.63. The van der Waals surface area contributed by atoms with E-state index in [9.17, 15) is 0 Å². The SMILES string of the molecule is CCNC(Cc1nccn1C)c1cccc(C)c1. The Morgan fingerprint density at radius 2 is 2.22 bits per heavy atom. The lowest BCUT2D eigenvalue weighted by atomic mass is 10.0. The highest BCUT2D eigenvalue weighted by Gasteiger charge is 2.13.